The number of rotatable bonds is 5. The Morgan fingerprint density at radius 2 is 1.75 bits per heavy atom. The SMILES string of the molecule is Cc1ccccc1OCCOc1ccc(Br)cc1C#N. The van der Waals surface area contributed by atoms with Crippen LogP contribution in [-0.4, -0.2) is 13.2 Å². The first-order valence-electron chi connectivity index (χ1n) is 6.21. The molecule has 0 aliphatic heterocycles. The highest BCUT2D eigenvalue weighted by atomic mass is 79.9. The minimum absolute atomic E-state index is 0.393. The van der Waals surface area contributed by atoms with Gasteiger partial charge in [0.2, 0.25) is 0 Å². The van der Waals surface area contributed by atoms with Crippen LogP contribution in [0.1, 0.15) is 11.1 Å². The van der Waals surface area contributed by atoms with Crippen molar-refractivity contribution in [1.29, 1.82) is 5.26 Å². The average Bonchev–Trinajstić information content (AvgIpc) is 2.46. The Hall–Kier alpha value is -1.99. The van der Waals surface area contributed by atoms with Crippen molar-refractivity contribution in [2.75, 3.05) is 13.2 Å². The molecule has 20 heavy (non-hydrogen) atoms. The maximum Gasteiger partial charge on any atom is 0.137 e. The Labute approximate surface area is 126 Å². The van der Waals surface area contributed by atoms with Crippen molar-refractivity contribution in [2.45, 2.75) is 6.92 Å². The zero-order valence-corrected chi connectivity index (χ0v) is 12.7. The van der Waals surface area contributed by atoms with Crippen LogP contribution < -0.4 is 9.47 Å². The molecule has 0 atom stereocenters. The first kappa shape index (κ1) is 14.4. The molecule has 0 aliphatic carbocycles. The standard InChI is InChI=1S/C16H14BrNO2/c1-12-4-2-3-5-15(12)19-8-9-20-16-7-6-14(17)10-13(16)11-18/h2-7,10H,8-9H2,1H3. The maximum absolute atomic E-state index is 9.03. The number of nitrogens with zero attached hydrogens (tertiary/aromatic N) is 1. The van der Waals surface area contributed by atoms with E-state index in [1.807, 2.05) is 37.3 Å². The van der Waals surface area contributed by atoms with Gasteiger partial charge >= 0.3 is 0 Å². The van der Waals surface area contributed by atoms with Gasteiger partial charge in [0.05, 0.1) is 5.56 Å². The van der Waals surface area contributed by atoms with Crippen molar-refractivity contribution >= 4 is 15.9 Å². The fourth-order valence-electron chi connectivity index (χ4n) is 1.74. The van der Waals surface area contributed by atoms with Crippen LogP contribution in [0.3, 0.4) is 0 Å². The van der Waals surface area contributed by atoms with Crippen LogP contribution in [0.15, 0.2) is 46.9 Å². The molecule has 2 aromatic carbocycles. The molecule has 0 spiro atoms. The molecule has 0 saturated heterocycles. The Balaban J connectivity index is 1.88. The fourth-order valence-corrected chi connectivity index (χ4v) is 2.10. The van der Waals surface area contributed by atoms with Gasteiger partial charge in [-0.05, 0) is 36.8 Å². The van der Waals surface area contributed by atoms with Gasteiger partial charge in [-0.15, -0.1) is 0 Å². The van der Waals surface area contributed by atoms with Gasteiger partial charge in [0, 0.05) is 4.47 Å². The number of aryl methyl sites for hydroxylation is 1. The largest absolute Gasteiger partial charge is 0.490 e. The minimum Gasteiger partial charge on any atom is -0.490 e. The van der Waals surface area contributed by atoms with E-state index < -0.39 is 0 Å². The van der Waals surface area contributed by atoms with Gasteiger partial charge < -0.3 is 9.47 Å². The molecule has 2 rings (SSSR count). The van der Waals surface area contributed by atoms with Crippen LogP contribution in [-0.2, 0) is 0 Å². The third-order valence-electron chi connectivity index (χ3n) is 2.75. The zero-order chi connectivity index (χ0) is 14.4. The highest BCUT2D eigenvalue weighted by molar-refractivity contribution is 9.10. The van der Waals surface area contributed by atoms with Crippen LogP contribution in [0, 0.1) is 18.3 Å². The highest BCUT2D eigenvalue weighted by Gasteiger charge is 2.04. The summed E-state index contributed by atoms with van der Waals surface area (Å²) < 4.78 is 12.1. The summed E-state index contributed by atoms with van der Waals surface area (Å²) in [6.45, 7) is 2.83. The quantitative estimate of drug-likeness (QED) is 0.775. The topological polar surface area (TPSA) is 42.2 Å². The van der Waals surface area contributed by atoms with E-state index in [-0.39, 0.29) is 0 Å². The number of halogens is 1. The van der Waals surface area contributed by atoms with Crippen LogP contribution in [0.5, 0.6) is 11.5 Å². The third-order valence-corrected chi connectivity index (χ3v) is 3.25. The average molecular weight is 332 g/mol. The lowest BCUT2D eigenvalue weighted by Crippen LogP contribution is -2.10. The van der Waals surface area contributed by atoms with E-state index in [9.17, 15) is 0 Å². The number of benzene rings is 2. The van der Waals surface area contributed by atoms with Gasteiger partial charge in [-0.1, -0.05) is 34.1 Å². The Morgan fingerprint density at radius 3 is 2.45 bits per heavy atom. The predicted molar refractivity (Wildman–Crippen MR) is 81.0 cm³/mol. The third kappa shape index (κ3) is 3.75. The van der Waals surface area contributed by atoms with Crippen LogP contribution in [0.4, 0.5) is 0 Å². The summed E-state index contributed by atoms with van der Waals surface area (Å²) >= 11 is 3.33. The van der Waals surface area contributed by atoms with E-state index in [4.69, 9.17) is 14.7 Å². The van der Waals surface area contributed by atoms with E-state index in [2.05, 4.69) is 22.0 Å². The predicted octanol–water partition coefficient (Wildman–Crippen LogP) is 4.09. The summed E-state index contributed by atoms with van der Waals surface area (Å²) in [4.78, 5) is 0. The van der Waals surface area contributed by atoms with Gasteiger partial charge in [0.25, 0.3) is 0 Å². The molecule has 0 aromatic heterocycles. The van der Waals surface area contributed by atoms with Gasteiger partial charge in [-0.25, -0.2) is 0 Å². The fraction of sp³-hybridized carbons (Fsp3) is 0.188. The molecule has 4 heteroatoms. The summed E-state index contributed by atoms with van der Waals surface area (Å²) in [5, 5.41) is 9.03. The molecule has 0 fully saturated rings. The second kappa shape index (κ2) is 6.97. The van der Waals surface area contributed by atoms with Gasteiger partial charge in [-0.3, -0.25) is 0 Å². The van der Waals surface area contributed by atoms with Gasteiger partial charge in [0.15, 0.2) is 0 Å². The smallest absolute Gasteiger partial charge is 0.137 e. The number of nitriles is 1. The van der Waals surface area contributed by atoms with Crippen molar-refractivity contribution < 1.29 is 9.47 Å². The maximum atomic E-state index is 9.03. The minimum atomic E-state index is 0.393. The molecule has 0 bridgehead atoms. The number of para-hydroxylation sites is 1. The van der Waals surface area contributed by atoms with Gasteiger partial charge in [-0.2, -0.15) is 5.26 Å². The zero-order valence-electron chi connectivity index (χ0n) is 11.1. The molecule has 0 N–H and O–H groups in total. The molecule has 2 aromatic rings. The van der Waals surface area contributed by atoms with Crippen molar-refractivity contribution in [3.8, 4) is 17.6 Å². The molecule has 0 saturated carbocycles. The molecule has 0 heterocycles. The van der Waals surface area contributed by atoms with Crippen molar-refractivity contribution in [1.82, 2.24) is 0 Å². The Morgan fingerprint density at radius 1 is 1.05 bits per heavy atom. The van der Waals surface area contributed by atoms with Crippen LogP contribution in [0.2, 0.25) is 0 Å². The summed E-state index contributed by atoms with van der Waals surface area (Å²) in [6.07, 6.45) is 0. The van der Waals surface area contributed by atoms with E-state index in [1.54, 1.807) is 12.1 Å². The lowest BCUT2D eigenvalue weighted by molar-refractivity contribution is 0.216. The second-order valence-electron chi connectivity index (χ2n) is 4.21. The molecule has 0 unspecified atom stereocenters. The summed E-state index contributed by atoms with van der Waals surface area (Å²) in [5.41, 5.74) is 1.60. The molecule has 0 aliphatic rings. The first-order valence-corrected chi connectivity index (χ1v) is 7.01. The van der Waals surface area contributed by atoms with Gasteiger partial charge in [0.1, 0.15) is 30.8 Å². The van der Waals surface area contributed by atoms with Crippen LogP contribution in [0.25, 0.3) is 0 Å². The van der Waals surface area contributed by atoms with E-state index >= 15 is 0 Å². The first-order chi connectivity index (χ1) is 9.70. The van der Waals surface area contributed by atoms with E-state index in [0.717, 1.165) is 15.8 Å². The molecule has 0 radical (unpaired) electrons. The summed E-state index contributed by atoms with van der Waals surface area (Å²) in [7, 11) is 0. The molecule has 0 amide bonds. The van der Waals surface area contributed by atoms with Crippen LogP contribution >= 0.6 is 15.9 Å². The monoisotopic (exact) mass is 331 g/mol. The van der Waals surface area contributed by atoms with Crippen molar-refractivity contribution in [3.05, 3.63) is 58.1 Å². The molecule has 102 valence electrons. The normalized spacial score (nSPS) is 9.85. The van der Waals surface area contributed by atoms with Crippen molar-refractivity contribution in [2.24, 2.45) is 0 Å². The Kier molecular flexibility index (Phi) is 5.03. The highest BCUT2D eigenvalue weighted by Crippen LogP contribution is 2.22. The number of ether oxygens (including phenoxy) is 2. The molecular formula is C16H14BrNO2. The summed E-state index contributed by atoms with van der Waals surface area (Å²) in [5.74, 6) is 1.43. The lowest BCUT2D eigenvalue weighted by atomic mass is 10.2. The van der Waals surface area contributed by atoms with E-state index in [1.165, 1.54) is 0 Å². The molecule has 3 nitrogen and oxygen atoms in total. The number of hydrogen-bond donors (Lipinski definition) is 0. The van der Waals surface area contributed by atoms with Crippen molar-refractivity contribution in [3.63, 3.8) is 0 Å². The lowest BCUT2D eigenvalue weighted by Gasteiger charge is -2.11. The van der Waals surface area contributed by atoms with E-state index in [0.29, 0.717) is 24.5 Å². The Bertz CT molecular complexity index is 635. The number of hydrogen-bond acceptors (Lipinski definition) is 3. The molecular weight excluding hydrogens is 318 g/mol. The summed E-state index contributed by atoms with van der Waals surface area (Å²) in [6, 6.07) is 15.3. The second-order valence-corrected chi connectivity index (χ2v) is 5.13.